The van der Waals surface area contributed by atoms with Crippen LogP contribution in [-0.4, -0.2) is 50.7 Å². The number of pyridine rings is 1. The number of aromatic nitrogens is 4. The molecular weight excluding hydrogens is 632 g/mol. The minimum Gasteiger partial charge on any atom is -0.493 e. The number of benzene rings is 3. The molecule has 1 N–H and O–H groups in total. The highest BCUT2D eigenvalue weighted by Crippen LogP contribution is 2.37. The van der Waals surface area contributed by atoms with Crippen LogP contribution in [0.5, 0.6) is 11.5 Å². The lowest BCUT2D eigenvalue weighted by Crippen LogP contribution is -2.20. The Morgan fingerprint density at radius 3 is 2.56 bits per heavy atom. The number of halogens is 1. The Bertz CT molecular complexity index is 2010. The van der Waals surface area contributed by atoms with E-state index in [-0.39, 0.29) is 17.4 Å². The van der Waals surface area contributed by atoms with Crippen LogP contribution in [0.3, 0.4) is 0 Å². The summed E-state index contributed by atoms with van der Waals surface area (Å²) in [5.74, 6) is 0.319. The number of amides is 1. The first-order chi connectivity index (χ1) is 22.0. The summed E-state index contributed by atoms with van der Waals surface area (Å²) in [5, 5.41) is 14.5. The van der Waals surface area contributed by atoms with E-state index >= 15 is 0 Å². The van der Waals surface area contributed by atoms with Gasteiger partial charge < -0.3 is 9.47 Å². The van der Waals surface area contributed by atoms with E-state index in [2.05, 4.69) is 25.7 Å². The van der Waals surface area contributed by atoms with Crippen molar-refractivity contribution in [1.82, 2.24) is 25.2 Å². The third-order valence-corrected chi connectivity index (χ3v) is 9.02. The number of hydrazone groups is 1. The van der Waals surface area contributed by atoms with Gasteiger partial charge in [0.2, 0.25) is 0 Å². The molecule has 45 heavy (non-hydrogen) atoms. The SMILES string of the molecule is COc1cc(/C=N/NC(=O)CSc2nnc(-c3ccncc3)n2-c2ccccc2)ccc1OC(=O)c1sc2ccccc2c1Cl. The van der Waals surface area contributed by atoms with Crippen LogP contribution in [0.1, 0.15) is 15.2 Å². The molecule has 0 aliphatic carbocycles. The van der Waals surface area contributed by atoms with Crippen molar-refractivity contribution in [3.8, 4) is 28.6 Å². The average Bonchev–Trinajstić information content (AvgIpc) is 3.66. The highest BCUT2D eigenvalue weighted by molar-refractivity contribution is 7.99. The van der Waals surface area contributed by atoms with Crippen molar-refractivity contribution < 1.29 is 19.1 Å². The molecule has 13 heteroatoms. The fourth-order valence-corrected chi connectivity index (χ4v) is 6.47. The molecule has 3 aromatic carbocycles. The maximum atomic E-state index is 12.9. The van der Waals surface area contributed by atoms with Crippen molar-refractivity contribution in [3.63, 3.8) is 0 Å². The van der Waals surface area contributed by atoms with E-state index in [9.17, 15) is 9.59 Å². The highest BCUT2D eigenvalue weighted by atomic mass is 35.5. The largest absolute Gasteiger partial charge is 0.493 e. The van der Waals surface area contributed by atoms with Gasteiger partial charge in [0.05, 0.1) is 24.1 Å². The van der Waals surface area contributed by atoms with Crippen molar-refractivity contribution in [1.29, 1.82) is 0 Å². The average molecular weight is 655 g/mol. The molecule has 6 rings (SSSR count). The number of fused-ring (bicyclic) bond motifs is 1. The number of hydrogen-bond donors (Lipinski definition) is 1. The Balaban J connectivity index is 1.09. The number of carbonyl (C=O) groups excluding carboxylic acids is 2. The zero-order valence-electron chi connectivity index (χ0n) is 23.6. The zero-order valence-corrected chi connectivity index (χ0v) is 26.0. The van der Waals surface area contributed by atoms with E-state index in [1.165, 1.54) is 36.4 Å². The summed E-state index contributed by atoms with van der Waals surface area (Å²) in [6.45, 7) is 0. The number of nitrogens with zero attached hydrogens (tertiary/aromatic N) is 5. The first-order valence-electron chi connectivity index (χ1n) is 13.4. The fraction of sp³-hybridized carbons (Fsp3) is 0.0625. The Morgan fingerprint density at radius 2 is 1.78 bits per heavy atom. The number of ether oxygens (including phenoxy) is 2. The summed E-state index contributed by atoms with van der Waals surface area (Å²) in [6.07, 6.45) is 4.85. The molecule has 0 saturated carbocycles. The Kier molecular flexibility index (Phi) is 9.15. The number of methoxy groups -OCH3 is 1. The molecule has 3 heterocycles. The monoisotopic (exact) mass is 654 g/mol. The van der Waals surface area contributed by atoms with Crippen LogP contribution in [0.4, 0.5) is 0 Å². The van der Waals surface area contributed by atoms with Crippen LogP contribution in [0.25, 0.3) is 27.2 Å². The van der Waals surface area contributed by atoms with Crippen molar-refractivity contribution in [2.75, 3.05) is 12.9 Å². The second kappa shape index (κ2) is 13.7. The molecule has 0 bridgehead atoms. The molecule has 0 fully saturated rings. The van der Waals surface area contributed by atoms with Gasteiger partial charge in [-0.2, -0.15) is 5.10 Å². The summed E-state index contributed by atoms with van der Waals surface area (Å²) in [6, 6.07) is 25.8. The van der Waals surface area contributed by atoms with Crippen LogP contribution >= 0.6 is 34.7 Å². The topological polar surface area (TPSA) is 121 Å². The molecule has 0 spiro atoms. The lowest BCUT2D eigenvalue weighted by Gasteiger charge is -2.10. The van der Waals surface area contributed by atoms with E-state index in [0.29, 0.717) is 32.2 Å². The minimum absolute atomic E-state index is 0.0527. The quantitative estimate of drug-likeness (QED) is 0.0572. The van der Waals surface area contributed by atoms with Crippen LogP contribution < -0.4 is 14.9 Å². The van der Waals surface area contributed by atoms with Crippen LogP contribution in [0.2, 0.25) is 5.02 Å². The number of carbonyl (C=O) groups is 2. The summed E-state index contributed by atoms with van der Waals surface area (Å²) in [4.78, 5) is 29.9. The van der Waals surface area contributed by atoms with Gasteiger partial charge in [0.15, 0.2) is 22.5 Å². The highest BCUT2D eigenvalue weighted by Gasteiger charge is 2.21. The maximum absolute atomic E-state index is 12.9. The van der Waals surface area contributed by atoms with Crippen LogP contribution in [-0.2, 0) is 4.79 Å². The van der Waals surface area contributed by atoms with Crippen LogP contribution in [0.15, 0.2) is 108 Å². The molecule has 224 valence electrons. The second-order valence-electron chi connectivity index (χ2n) is 9.34. The Morgan fingerprint density at radius 1 is 1.00 bits per heavy atom. The summed E-state index contributed by atoms with van der Waals surface area (Å²) in [5.41, 5.74) is 4.86. The van der Waals surface area contributed by atoms with Crippen molar-refractivity contribution in [3.05, 3.63) is 113 Å². The molecule has 0 unspecified atom stereocenters. The molecule has 0 aliphatic rings. The third kappa shape index (κ3) is 6.73. The van der Waals surface area contributed by atoms with Gasteiger partial charge in [0, 0.05) is 33.7 Å². The van der Waals surface area contributed by atoms with Gasteiger partial charge >= 0.3 is 5.97 Å². The number of thiophene rings is 1. The predicted octanol–water partition coefficient (Wildman–Crippen LogP) is 6.67. The first-order valence-corrected chi connectivity index (χ1v) is 15.6. The van der Waals surface area contributed by atoms with E-state index < -0.39 is 5.97 Å². The van der Waals surface area contributed by atoms with Gasteiger partial charge in [-0.25, -0.2) is 10.2 Å². The molecule has 1 amide bonds. The summed E-state index contributed by atoms with van der Waals surface area (Å²) >= 11 is 8.93. The van der Waals surface area contributed by atoms with Gasteiger partial charge in [-0.15, -0.1) is 21.5 Å². The molecule has 0 aliphatic heterocycles. The molecule has 0 saturated heterocycles. The van der Waals surface area contributed by atoms with Crippen LogP contribution in [0, 0.1) is 0 Å². The summed E-state index contributed by atoms with van der Waals surface area (Å²) in [7, 11) is 1.47. The number of rotatable bonds is 10. The fourth-order valence-electron chi connectivity index (χ4n) is 4.34. The second-order valence-corrected chi connectivity index (χ2v) is 11.7. The molecule has 0 radical (unpaired) electrons. The van der Waals surface area contributed by atoms with Gasteiger partial charge in [0.25, 0.3) is 5.91 Å². The molecule has 3 aromatic heterocycles. The molecule has 0 atom stereocenters. The van der Waals surface area contributed by atoms with Gasteiger partial charge in [-0.3, -0.25) is 14.3 Å². The Hall–Kier alpha value is -5.04. The van der Waals surface area contributed by atoms with E-state index in [1.54, 1.807) is 30.6 Å². The number of thioether (sulfide) groups is 1. The first kappa shape index (κ1) is 30.0. The lowest BCUT2D eigenvalue weighted by molar-refractivity contribution is -0.118. The number of para-hydroxylation sites is 1. The third-order valence-electron chi connectivity index (χ3n) is 6.43. The maximum Gasteiger partial charge on any atom is 0.355 e. The smallest absolute Gasteiger partial charge is 0.355 e. The van der Waals surface area contributed by atoms with Gasteiger partial charge in [-0.1, -0.05) is 59.8 Å². The van der Waals surface area contributed by atoms with E-state index in [4.69, 9.17) is 21.1 Å². The number of esters is 1. The molecule has 10 nitrogen and oxygen atoms in total. The minimum atomic E-state index is -0.582. The predicted molar refractivity (Wildman–Crippen MR) is 176 cm³/mol. The van der Waals surface area contributed by atoms with E-state index in [1.807, 2.05) is 71.3 Å². The lowest BCUT2D eigenvalue weighted by atomic mass is 10.2. The number of hydrogen-bond acceptors (Lipinski definition) is 10. The molecule has 6 aromatic rings. The normalized spacial score (nSPS) is 11.2. The standard InChI is InChI=1S/C32H23ClN6O4S2/c1-42-25-17-20(11-12-24(25)43-31(41)29-28(33)23-9-5-6-10-26(23)45-29)18-35-36-27(40)19-44-32-38-37-30(21-13-15-34-16-14-21)39(32)22-7-3-2-4-8-22/h2-18H,19H2,1H3,(H,36,40)/b35-18+. The van der Waals surface area contributed by atoms with Gasteiger partial charge in [-0.05, 0) is 54.1 Å². The van der Waals surface area contributed by atoms with Crippen molar-refractivity contribution >= 4 is 62.9 Å². The van der Waals surface area contributed by atoms with Gasteiger partial charge in [0.1, 0.15) is 4.88 Å². The van der Waals surface area contributed by atoms with Crippen molar-refractivity contribution in [2.45, 2.75) is 5.16 Å². The zero-order chi connectivity index (χ0) is 31.2. The Labute approximate surface area is 270 Å². The summed E-state index contributed by atoms with van der Waals surface area (Å²) < 4.78 is 13.8. The van der Waals surface area contributed by atoms with Crippen molar-refractivity contribution in [2.24, 2.45) is 5.10 Å². The molecular formula is C32H23ClN6O4S2. The van der Waals surface area contributed by atoms with E-state index in [0.717, 1.165) is 21.3 Å². The number of nitrogens with one attached hydrogen (secondary N) is 1.